The molecule has 2 saturated heterocycles. The van der Waals surface area contributed by atoms with Gasteiger partial charge in [-0.05, 0) is 25.0 Å². The number of hydrogen-bond donors (Lipinski definition) is 0. The Kier molecular flexibility index (Phi) is 4.84. The molecule has 27 heavy (non-hydrogen) atoms. The van der Waals surface area contributed by atoms with Crippen LogP contribution in [0.25, 0.3) is 0 Å². The monoisotopic (exact) mass is 410 g/mol. The zero-order valence-corrected chi connectivity index (χ0v) is 16.9. The number of thioether (sulfide) groups is 1. The average Bonchev–Trinajstić information content (AvgIpc) is 3.27. The number of fused-ring (bicyclic) bond motifs is 2. The molecule has 0 bridgehead atoms. The quantitative estimate of drug-likeness (QED) is 0.754. The van der Waals surface area contributed by atoms with E-state index in [0.29, 0.717) is 16.7 Å². The molecule has 2 unspecified atom stereocenters. The van der Waals surface area contributed by atoms with Gasteiger partial charge >= 0.3 is 0 Å². The van der Waals surface area contributed by atoms with Crippen LogP contribution < -0.4 is 14.4 Å². The summed E-state index contributed by atoms with van der Waals surface area (Å²) in [7, 11) is -3.09. The lowest BCUT2D eigenvalue weighted by molar-refractivity contribution is -0.121. The Morgan fingerprint density at radius 1 is 1.26 bits per heavy atom. The smallest absolute Gasteiger partial charge is 0.251 e. The molecule has 0 aromatic heterocycles. The van der Waals surface area contributed by atoms with Gasteiger partial charge in [0.2, 0.25) is 6.79 Å². The van der Waals surface area contributed by atoms with E-state index in [0.717, 1.165) is 18.5 Å². The lowest BCUT2D eigenvalue weighted by Gasteiger charge is -2.25. The van der Waals surface area contributed by atoms with E-state index < -0.39 is 9.84 Å². The Balaban J connectivity index is 1.72. The van der Waals surface area contributed by atoms with Crippen molar-refractivity contribution in [3.63, 3.8) is 0 Å². The number of amidine groups is 1. The van der Waals surface area contributed by atoms with Gasteiger partial charge in [-0.15, -0.1) is 0 Å². The van der Waals surface area contributed by atoms with Crippen molar-refractivity contribution in [3.8, 4) is 11.5 Å². The summed E-state index contributed by atoms with van der Waals surface area (Å²) in [5.41, 5.74) is 0.771. The van der Waals surface area contributed by atoms with Crippen molar-refractivity contribution >= 4 is 38.4 Å². The number of benzene rings is 1. The van der Waals surface area contributed by atoms with E-state index in [1.165, 1.54) is 11.8 Å². The van der Waals surface area contributed by atoms with Crippen molar-refractivity contribution in [2.75, 3.05) is 23.2 Å². The summed E-state index contributed by atoms with van der Waals surface area (Å²) in [6.45, 7) is 4.12. The first-order valence-corrected chi connectivity index (χ1v) is 11.8. The Hall–Kier alpha value is -1.74. The fourth-order valence-corrected chi connectivity index (χ4v) is 7.64. The van der Waals surface area contributed by atoms with Gasteiger partial charge in [0.15, 0.2) is 26.5 Å². The molecule has 1 aromatic carbocycles. The number of carbonyl (C=O) groups is 1. The van der Waals surface area contributed by atoms with Gasteiger partial charge < -0.3 is 14.4 Å². The zero-order chi connectivity index (χ0) is 19.2. The van der Waals surface area contributed by atoms with Crippen LogP contribution in [-0.2, 0) is 14.6 Å². The molecule has 2 atom stereocenters. The minimum Gasteiger partial charge on any atom is -0.454 e. The summed E-state index contributed by atoms with van der Waals surface area (Å²) < 4.78 is 35.1. The molecule has 3 heterocycles. The second-order valence-corrected chi connectivity index (χ2v) is 10.3. The van der Waals surface area contributed by atoms with Crippen LogP contribution in [0.2, 0.25) is 0 Å². The van der Waals surface area contributed by atoms with Gasteiger partial charge in [0, 0.05) is 22.9 Å². The predicted molar refractivity (Wildman–Crippen MR) is 105 cm³/mol. The molecular weight excluding hydrogens is 388 g/mol. The fraction of sp³-hybridized carbons (Fsp3) is 0.556. The summed E-state index contributed by atoms with van der Waals surface area (Å²) in [6, 6.07) is 5.26. The number of nitrogens with zero attached hydrogens (tertiary/aromatic N) is 2. The SMILES string of the molecule is CCC(CC)C(=O)N=C1SC2CS(=O)(=O)CC2N1c1ccc2c(c1)OCO2. The molecule has 9 heteroatoms. The highest BCUT2D eigenvalue weighted by Gasteiger charge is 2.49. The molecule has 1 amide bonds. The van der Waals surface area contributed by atoms with Crippen LogP contribution >= 0.6 is 11.8 Å². The van der Waals surface area contributed by atoms with E-state index in [2.05, 4.69) is 4.99 Å². The Labute approximate surface area is 163 Å². The molecule has 2 fully saturated rings. The van der Waals surface area contributed by atoms with Crippen LogP contribution in [0.5, 0.6) is 11.5 Å². The highest BCUT2D eigenvalue weighted by atomic mass is 32.2. The lowest BCUT2D eigenvalue weighted by atomic mass is 10.0. The maximum absolute atomic E-state index is 12.6. The third-order valence-electron chi connectivity index (χ3n) is 5.24. The fourth-order valence-electron chi connectivity index (χ4n) is 3.72. The van der Waals surface area contributed by atoms with Gasteiger partial charge in [-0.3, -0.25) is 4.79 Å². The first-order chi connectivity index (χ1) is 12.9. The van der Waals surface area contributed by atoms with Crippen LogP contribution in [-0.4, -0.2) is 49.1 Å². The van der Waals surface area contributed by atoms with Gasteiger partial charge in [-0.1, -0.05) is 25.6 Å². The molecule has 146 valence electrons. The van der Waals surface area contributed by atoms with Crippen LogP contribution in [0.3, 0.4) is 0 Å². The topological polar surface area (TPSA) is 85.3 Å². The molecule has 4 rings (SSSR count). The molecule has 7 nitrogen and oxygen atoms in total. The largest absolute Gasteiger partial charge is 0.454 e. The highest BCUT2D eigenvalue weighted by molar-refractivity contribution is 8.16. The summed E-state index contributed by atoms with van der Waals surface area (Å²) >= 11 is 1.39. The van der Waals surface area contributed by atoms with Crippen LogP contribution in [0.15, 0.2) is 23.2 Å². The van der Waals surface area contributed by atoms with Crippen LogP contribution in [0.4, 0.5) is 5.69 Å². The number of carbonyl (C=O) groups excluding carboxylic acids is 1. The first-order valence-electron chi connectivity index (χ1n) is 9.10. The normalized spacial score (nSPS) is 26.8. The summed E-state index contributed by atoms with van der Waals surface area (Å²) in [5.74, 6) is 1.20. The number of anilines is 1. The van der Waals surface area contributed by atoms with Crippen molar-refractivity contribution < 1.29 is 22.7 Å². The summed E-state index contributed by atoms with van der Waals surface area (Å²) in [4.78, 5) is 18.9. The second kappa shape index (κ2) is 7.01. The maximum atomic E-state index is 12.6. The third-order valence-corrected chi connectivity index (χ3v) is 8.45. The molecule has 0 aliphatic carbocycles. The molecule has 0 N–H and O–H groups in total. The molecule has 0 radical (unpaired) electrons. The van der Waals surface area contributed by atoms with E-state index in [1.54, 1.807) is 6.07 Å². The molecule has 3 aliphatic rings. The standard InChI is InChI=1S/C18H22N2O5S2/c1-3-11(4-2)17(21)19-18-20(13-8-27(22,23)9-16(13)26-18)12-5-6-14-15(7-12)25-10-24-14/h5-7,11,13,16H,3-4,8-10H2,1-2H3. The second-order valence-electron chi connectivity index (χ2n) is 6.95. The van der Waals surface area contributed by atoms with Crippen molar-refractivity contribution in [2.45, 2.75) is 38.0 Å². The first kappa shape index (κ1) is 18.6. The minimum absolute atomic E-state index is 0.0668. The van der Waals surface area contributed by atoms with Crippen molar-refractivity contribution in [3.05, 3.63) is 18.2 Å². The molecule has 0 saturated carbocycles. The van der Waals surface area contributed by atoms with Gasteiger partial charge in [0.05, 0.1) is 17.5 Å². The number of hydrogen-bond acceptors (Lipinski definition) is 6. The molecular formula is C18H22N2O5S2. The number of ether oxygens (including phenoxy) is 2. The van der Waals surface area contributed by atoms with Gasteiger partial charge in [0.25, 0.3) is 5.91 Å². The number of aliphatic imine (C=N–C) groups is 1. The lowest BCUT2D eigenvalue weighted by Crippen LogP contribution is -2.37. The molecule has 1 aromatic rings. The van der Waals surface area contributed by atoms with Gasteiger partial charge in [-0.2, -0.15) is 4.99 Å². The number of sulfone groups is 1. The van der Waals surface area contributed by atoms with Crippen LogP contribution in [0.1, 0.15) is 26.7 Å². The van der Waals surface area contributed by atoms with Gasteiger partial charge in [0.1, 0.15) is 0 Å². The molecule has 0 spiro atoms. The van der Waals surface area contributed by atoms with E-state index in [1.807, 2.05) is 30.9 Å². The summed E-state index contributed by atoms with van der Waals surface area (Å²) in [5, 5.41) is 0.462. The number of rotatable bonds is 4. The molecule has 3 aliphatic heterocycles. The zero-order valence-electron chi connectivity index (χ0n) is 15.3. The Morgan fingerprint density at radius 3 is 2.74 bits per heavy atom. The van der Waals surface area contributed by atoms with Gasteiger partial charge in [-0.25, -0.2) is 8.42 Å². The van der Waals surface area contributed by atoms with Crippen LogP contribution in [0, 0.1) is 5.92 Å². The van der Waals surface area contributed by atoms with Crippen molar-refractivity contribution in [1.82, 2.24) is 0 Å². The number of amides is 1. The predicted octanol–water partition coefficient (Wildman–Crippen LogP) is 2.45. The van der Waals surface area contributed by atoms with Crippen molar-refractivity contribution in [2.24, 2.45) is 10.9 Å². The van der Waals surface area contributed by atoms with E-state index in [-0.39, 0.29) is 41.4 Å². The minimum atomic E-state index is -3.09. The Morgan fingerprint density at radius 2 is 2.00 bits per heavy atom. The Bertz CT molecular complexity index is 895. The van der Waals surface area contributed by atoms with E-state index >= 15 is 0 Å². The third kappa shape index (κ3) is 3.42. The maximum Gasteiger partial charge on any atom is 0.251 e. The van der Waals surface area contributed by atoms with Crippen molar-refractivity contribution in [1.29, 1.82) is 0 Å². The van der Waals surface area contributed by atoms with E-state index in [9.17, 15) is 13.2 Å². The highest BCUT2D eigenvalue weighted by Crippen LogP contribution is 2.44. The summed E-state index contributed by atoms with van der Waals surface area (Å²) in [6.07, 6.45) is 1.48. The average molecular weight is 411 g/mol. The van der Waals surface area contributed by atoms with E-state index in [4.69, 9.17) is 9.47 Å².